The quantitative estimate of drug-likeness (QED) is 0.805. The molecule has 0 bridgehead atoms. The number of nitrogens with zero attached hydrogens (tertiary/aromatic N) is 3. The molecule has 148 valence electrons. The van der Waals surface area contributed by atoms with Crippen LogP contribution in [0.15, 0.2) is 18.2 Å². The predicted octanol–water partition coefficient (Wildman–Crippen LogP) is 3.23. The number of carbonyl (C=O) groups is 2. The summed E-state index contributed by atoms with van der Waals surface area (Å²) in [5.74, 6) is 1.14. The minimum absolute atomic E-state index is 0.126. The number of aromatic nitrogens is 2. The molecule has 0 saturated heterocycles. The average Bonchev–Trinajstić information content (AvgIpc) is 3.34. The normalized spacial score (nSPS) is 16.9. The molecule has 1 aromatic carbocycles. The Balaban J connectivity index is 1.73. The molecule has 0 unspecified atom stereocenters. The van der Waals surface area contributed by atoms with Crippen molar-refractivity contribution in [2.24, 2.45) is 13.0 Å². The first-order chi connectivity index (χ1) is 13.4. The highest BCUT2D eigenvalue weighted by Gasteiger charge is 2.39. The summed E-state index contributed by atoms with van der Waals surface area (Å²) in [7, 11) is 1.85. The van der Waals surface area contributed by atoms with Crippen molar-refractivity contribution in [3.63, 3.8) is 0 Å². The minimum Gasteiger partial charge on any atom is -0.385 e. The second-order valence-corrected chi connectivity index (χ2v) is 7.82. The van der Waals surface area contributed by atoms with E-state index in [9.17, 15) is 9.59 Å². The van der Waals surface area contributed by atoms with Gasteiger partial charge in [0.15, 0.2) is 5.82 Å². The van der Waals surface area contributed by atoms with E-state index in [0.29, 0.717) is 18.3 Å². The molecule has 4 rings (SSSR count). The van der Waals surface area contributed by atoms with Crippen molar-refractivity contribution in [3.05, 3.63) is 29.3 Å². The highest BCUT2D eigenvalue weighted by molar-refractivity contribution is 6.04. The van der Waals surface area contributed by atoms with Gasteiger partial charge in [-0.2, -0.15) is 5.10 Å². The van der Waals surface area contributed by atoms with E-state index in [2.05, 4.69) is 28.7 Å². The van der Waals surface area contributed by atoms with Crippen LogP contribution in [0.2, 0.25) is 0 Å². The molecule has 2 heterocycles. The van der Waals surface area contributed by atoms with Gasteiger partial charge in [0.05, 0.1) is 11.3 Å². The van der Waals surface area contributed by atoms with Gasteiger partial charge in [0.1, 0.15) is 0 Å². The summed E-state index contributed by atoms with van der Waals surface area (Å²) >= 11 is 0. The third kappa shape index (κ3) is 3.25. The highest BCUT2D eigenvalue weighted by atomic mass is 16.2. The van der Waals surface area contributed by atoms with Crippen LogP contribution in [0.4, 0.5) is 11.5 Å². The number of fused-ring (bicyclic) bond motifs is 1. The van der Waals surface area contributed by atoms with Gasteiger partial charge in [0.2, 0.25) is 5.91 Å². The summed E-state index contributed by atoms with van der Waals surface area (Å²) in [6.45, 7) is 7.05. The van der Waals surface area contributed by atoms with Crippen LogP contribution in [-0.2, 0) is 18.4 Å². The van der Waals surface area contributed by atoms with E-state index in [0.717, 1.165) is 34.6 Å². The number of hydrogen-bond acceptors (Lipinski definition) is 4. The maximum atomic E-state index is 13.1. The molecule has 7 nitrogen and oxygen atoms in total. The zero-order chi connectivity index (χ0) is 20.0. The van der Waals surface area contributed by atoms with Crippen molar-refractivity contribution in [2.75, 3.05) is 17.2 Å². The van der Waals surface area contributed by atoms with Crippen molar-refractivity contribution in [2.45, 2.75) is 46.2 Å². The minimum atomic E-state index is -0.151. The molecule has 2 aliphatic rings. The Kier molecular flexibility index (Phi) is 4.61. The Morgan fingerprint density at radius 1 is 1.32 bits per heavy atom. The number of hydrogen-bond donors (Lipinski definition) is 2. The maximum absolute atomic E-state index is 13.1. The Hall–Kier alpha value is -2.83. The first-order valence-electron chi connectivity index (χ1n) is 9.92. The SMILES string of the molecule is CCNc1cc(-c2cc(NC(C)=O)nn2C)cc2c1C(=O)N([C@@H](C)C1CC1)C2. The van der Waals surface area contributed by atoms with Gasteiger partial charge < -0.3 is 15.5 Å². The number of amides is 2. The third-order valence-electron chi connectivity index (χ3n) is 5.68. The Bertz CT molecular complexity index is 945. The Morgan fingerprint density at radius 2 is 2.07 bits per heavy atom. The van der Waals surface area contributed by atoms with Gasteiger partial charge >= 0.3 is 0 Å². The van der Waals surface area contributed by atoms with Crippen LogP contribution in [0, 0.1) is 5.92 Å². The summed E-state index contributed by atoms with van der Waals surface area (Å²) in [5.41, 5.74) is 4.59. The molecule has 1 fully saturated rings. The highest BCUT2D eigenvalue weighted by Crippen LogP contribution is 2.41. The lowest BCUT2D eigenvalue weighted by Gasteiger charge is -2.24. The molecule has 1 saturated carbocycles. The number of aryl methyl sites for hydroxylation is 1. The summed E-state index contributed by atoms with van der Waals surface area (Å²) in [6.07, 6.45) is 2.43. The van der Waals surface area contributed by atoms with Crippen LogP contribution in [0.1, 0.15) is 49.5 Å². The molecule has 0 spiro atoms. The molecule has 2 N–H and O–H groups in total. The van der Waals surface area contributed by atoms with Crippen LogP contribution < -0.4 is 10.6 Å². The molecule has 2 amide bonds. The fraction of sp³-hybridized carbons (Fsp3) is 0.476. The van der Waals surface area contributed by atoms with E-state index >= 15 is 0 Å². The Labute approximate surface area is 165 Å². The van der Waals surface area contributed by atoms with Crippen molar-refractivity contribution in [1.29, 1.82) is 0 Å². The Morgan fingerprint density at radius 3 is 2.71 bits per heavy atom. The number of nitrogens with one attached hydrogen (secondary N) is 2. The molecular weight excluding hydrogens is 354 g/mol. The van der Waals surface area contributed by atoms with E-state index in [-0.39, 0.29) is 17.9 Å². The lowest BCUT2D eigenvalue weighted by molar-refractivity contribution is -0.114. The van der Waals surface area contributed by atoms with Crippen LogP contribution in [0.5, 0.6) is 0 Å². The summed E-state index contributed by atoms with van der Waals surface area (Å²) in [6, 6.07) is 6.24. The monoisotopic (exact) mass is 381 g/mol. The average molecular weight is 381 g/mol. The molecule has 1 aliphatic carbocycles. The lowest BCUT2D eigenvalue weighted by Crippen LogP contribution is -2.34. The number of anilines is 2. The summed E-state index contributed by atoms with van der Waals surface area (Å²) in [5, 5.41) is 10.5. The zero-order valence-corrected chi connectivity index (χ0v) is 16.9. The molecule has 1 atom stereocenters. The summed E-state index contributed by atoms with van der Waals surface area (Å²) in [4.78, 5) is 26.5. The molecule has 2 aromatic rings. The molecule has 1 aromatic heterocycles. The third-order valence-corrected chi connectivity index (χ3v) is 5.68. The van der Waals surface area contributed by atoms with Gasteiger partial charge in [0, 0.05) is 50.4 Å². The van der Waals surface area contributed by atoms with Gasteiger partial charge in [0.25, 0.3) is 5.91 Å². The van der Waals surface area contributed by atoms with E-state index < -0.39 is 0 Å². The second kappa shape index (κ2) is 6.96. The zero-order valence-electron chi connectivity index (χ0n) is 16.9. The van der Waals surface area contributed by atoms with Gasteiger partial charge in [-0.3, -0.25) is 14.3 Å². The van der Waals surface area contributed by atoms with Crippen molar-refractivity contribution >= 4 is 23.3 Å². The van der Waals surface area contributed by atoms with Gasteiger partial charge in [-0.25, -0.2) is 0 Å². The van der Waals surface area contributed by atoms with E-state index in [1.165, 1.54) is 19.8 Å². The number of carbonyl (C=O) groups excluding carboxylic acids is 2. The van der Waals surface area contributed by atoms with E-state index in [1.807, 2.05) is 31.0 Å². The molecule has 1 aliphatic heterocycles. The maximum Gasteiger partial charge on any atom is 0.256 e. The van der Waals surface area contributed by atoms with Gasteiger partial charge in [-0.15, -0.1) is 0 Å². The van der Waals surface area contributed by atoms with Crippen molar-refractivity contribution < 1.29 is 9.59 Å². The summed E-state index contributed by atoms with van der Waals surface area (Å²) < 4.78 is 1.75. The van der Waals surface area contributed by atoms with Crippen molar-refractivity contribution in [1.82, 2.24) is 14.7 Å². The van der Waals surface area contributed by atoms with Crippen LogP contribution in [0.3, 0.4) is 0 Å². The number of benzene rings is 1. The molecule has 28 heavy (non-hydrogen) atoms. The second-order valence-electron chi connectivity index (χ2n) is 7.82. The fourth-order valence-corrected chi connectivity index (χ4v) is 4.10. The van der Waals surface area contributed by atoms with E-state index in [4.69, 9.17) is 0 Å². The first kappa shape index (κ1) is 18.5. The smallest absolute Gasteiger partial charge is 0.256 e. The number of rotatable bonds is 6. The van der Waals surface area contributed by atoms with E-state index in [1.54, 1.807) is 4.68 Å². The first-order valence-corrected chi connectivity index (χ1v) is 9.92. The predicted molar refractivity (Wildman–Crippen MR) is 109 cm³/mol. The topological polar surface area (TPSA) is 79.3 Å². The van der Waals surface area contributed by atoms with Gasteiger partial charge in [-0.05, 0) is 50.3 Å². The largest absolute Gasteiger partial charge is 0.385 e. The van der Waals surface area contributed by atoms with Crippen molar-refractivity contribution in [3.8, 4) is 11.3 Å². The molecule has 0 radical (unpaired) electrons. The van der Waals surface area contributed by atoms with Crippen LogP contribution >= 0.6 is 0 Å². The van der Waals surface area contributed by atoms with Crippen LogP contribution in [-0.4, -0.2) is 39.1 Å². The standard InChI is InChI=1S/C21H27N5O2/c1-5-22-17-9-15(18-10-19(23-13(3)27)24-25(18)4)8-16-11-26(21(28)20(16)17)12(2)14-6-7-14/h8-10,12,14,22H,5-7,11H2,1-4H3,(H,23,24,27)/t12-/m0/s1. The van der Waals surface area contributed by atoms with Gasteiger partial charge in [-0.1, -0.05) is 0 Å². The van der Waals surface area contributed by atoms with Crippen LogP contribution in [0.25, 0.3) is 11.3 Å². The molecular formula is C21H27N5O2. The lowest BCUT2D eigenvalue weighted by atomic mass is 10.0. The fourth-order valence-electron chi connectivity index (χ4n) is 4.10. The molecule has 7 heteroatoms.